The van der Waals surface area contributed by atoms with Crippen LogP contribution in [0.1, 0.15) is 5.69 Å². The fourth-order valence-electron chi connectivity index (χ4n) is 0.543. The SMILES string of the molecule is Cc1nonc1[N+]([O-])=NS(N)(=O)=O. The smallest absolute Gasteiger partial charge is 0.422 e. The molecule has 1 aromatic rings. The van der Waals surface area contributed by atoms with Crippen molar-refractivity contribution in [1.29, 1.82) is 0 Å². The largest absolute Gasteiger partial charge is 0.690 e. The summed E-state index contributed by atoms with van der Waals surface area (Å²) in [5, 5.41) is 21.7. The van der Waals surface area contributed by atoms with Crippen molar-refractivity contribution in [3.05, 3.63) is 10.9 Å². The molecule has 0 bridgehead atoms. The maximum Gasteiger partial charge on any atom is 0.422 e. The van der Waals surface area contributed by atoms with Gasteiger partial charge in [-0.1, -0.05) is 0 Å². The summed E-state index contributed by atoms with van der Waals surface area (Å²) in [4.78, 5) is -0.277. The molecule has 0 aromatic carbocycles. The van der Waals surface area contributed by atoms with E-state index in [1.54, 1.807) is 0 Å². The number of nitrogens with two attached hydrogens (primary N) is 1. The zero-order chi connectivity index (χ0) is 10.1. The molecule has 0 saturated carbocycles. The average Bonchev–Trinajstić information content (AvgIpc) is 2.30. The van der Waals surface area contributed by atoms with Gasteiger partial charge in [0, 0.05) is 4.52 Å². The van der Waals surface area contributed by atoms with Crippen molar-refractivity contribution >= 4 is 16.0 Å². The summed E-state index contributed by atoms with van der Waals surface area (Å²) in [7, 11) is -4.24. The Bertz CT molecular complexity index is 432. The highest BCUT2D eigenvalue weighted by Gasteiger charge is 2.17. The summed E-state index contributed by atoms with van der Waals surface area (Å²) in [5.74, 6) is -0.353. The normalized spacial score (nSPS) is 13.2. The second-order valence-corrected chi connectivity index (χ2v) is 3.24. The minimum atomic E-state index is -4.24. The highest BCUT2D eigenvalue weighted by Crippen LogP contribution is 2.11. The van der Waals surface area contributed by atoms with Gasteiger partial charge in [0.25, 0.3) is 0 Å². The third-order valence-electron chi connectivity index (χ3n) is 0.998. The van der Waals surface area contributed by atoms with Crippen molar-refractivity contribution < 1.29 is 17.9 Å². The Kier molecular flexibility index (Phi) is 2.25. The second-order valence-electron chi connectivity index (χ2n) is 2.04. The van der Waals surface area contributed by atoms with E-state index >= 15 is 0 Å². The lowest BCUT2D eigenvalue weighted by Gasteiger charge is -1.97. The van der Waals surface area contributed by atoms with Gasteiger partial charge in [-0.2, -0.15) is 8.42 Å². The predicted molar refractivity (Wildman–Crippen MR) is 37.9 cm³/mol. The van der Waals surface area contributed by atoms with Crippen LogP contribution in [-0.4, -0.2) is 23.6 Å². The fourth-order valence-corrected chi connectivity index (χ4v) is 0.827. The monoisotopic (exact) mass is 207 g/mol. The zero-order valence-electron chi connectivity index (χ0n) is 6.41. The van der Waals surface area contributed by atoms with Gasteiger partial charge in [-0.25, -0.2) is 5.14 Å². The zero-order valence-corrected chi connectivity index (χ0v) is 7.22. The second kappa shape index (κ2) is 3.06. The van der Waals surface area contributed by atoms with Crippen LogP contribution in [0.3, 0.4) is 0 Å². The first-order valence-electron chi connectivity index (χ1n) is 2.92. The summed E-state index contributed by atoms with van der Waals surface area (Å²) >= 11 is 0. The quantitative estimate of drug-likeness (QED) is 0.381. The van der Waals surface area contributed by atoms with Crippen LogP contribution in [0.2, 0.25) is 0 Å². The van der Waals surface area contributed by atoms with E-state index in [-0.39, 0.29) is 16.4 Å². The molecule has 0 saturated heterocycles. The van der Waals surface area contributed by atoms with E-state index in [0.29, 0.717) is 0 Å². The first-order valence-corrected chi connectivity index (χ1v) is 4.42. The van der Waals surface area contributed by atoms with Gasteiger partial charge >= 0.3 is 16.0 Å². The molecular formula is C3H5N5O4S. The number of hydrogen-bond acceptors (Lipinski definition) is 6. The molecule has 0 amide bonds. The van der Waals surface area contributed by atoms with Crippen LogP contribution in [-0.2, 0) is 10.2 Å². The van der Waals surface area contributed by atoms with E-state index in [2.05, 4.69) is 24.6 Å². The Morgan fingerprint density at radius 3 is 2.62 bits per heavy atom. The van der Waals surface area contributed by atoms with Gasteiger partial charge in [0.15, 0.2) is 10.9 Å². The number of nitrogens with zero attached hydrogens (tertiary/aromatic N) is 4. The molecule has 72 valence electrons. The maximum absolute atomic E-state index is 10.9. The topological polar surface area (TPSA) is 138 Å². The van der Waals surface area contributed by atoms with Gasteiger partial charge in [0.2, 0.25) is 0 Å². The maximum atomic E-state index is 10.9. The molecule has 13 heavy (non-hydrogen) atoms. The lowest BCUT2D eigenvalue weighted by Crippen LogP contribution is -2.11. The fraction of sp³-hybridized carbons (Fsp3) is 0.333. The number of hydrogen-bond donors (Lipinski definition) is 1. The van der Waals surface area contributed by atoms with E-state index in [0.717, 1.165) is 0 Å². The molecule has 1 rings (SSSR count). The standard InChI is InChI=1S/C3H5N5O4S/c1-2-3(6-12-5-2)8(9)7-13(4,10)11/h1H3,(H2,4,10,11). The number of rotatable bonds is 2. The van der Waals surface area contributed by atoms with E-state index in [1.807, 2.05) is 0 Å². The van der Waals surface area contributed by atoms with Crippen LogP contribution in [0.15, 0.2) is 9.15 Å². The summed E-state index contributed by atoms with van der Waals surface area (Å²) in [6.07, 6.45) is 0. The van der Waals surface area contributed by atoms with Crippen LogP contribution in [0.4, 0.5) is 5.82 Å². The molecule has 2 N–H and O–H groups in total. The molecule has 0 atom stereocenters. The lowest BCUT2D eigenvalue weighted by atomic mass is 10.5. The van der Waals surface area contributed by atoms with Crippen molar-refractivity contribution in [3.63, 3.8) is 0 Å². The van der Waals surface area contributed by atoms with E-state index in [1.165, 1.54) is 6.92 Å². The predicted octanol–water partition coefficient (Wildman–Crippen LogP) is -0.824. The third-order valence-corrected chi connectivity index (χ3v) is 1.37. The van der Waals surface area contributed by atoms with Crippen LogP contribution >= 0.6 is 0 Å². The molecule has 0 aliphatic rings. The Morgan fingerprint density at radius 1 is 1.62 bits per heavy atom. The summed E-state index contributed by atoms with van der Waals surface area (Å²) in [5.41, 5.74) is 0.113. The van der Waals surface area contributed by atoms with Crippen molar-refractivity contribution in [2.24, 2.45) is 9.66 Å². The lowest BCUT2D eigenvalue weighted by molar-refractivity contribution is -0.436. The first kappa shape index (κ1) is 9.54. The van der Waals surface area contributed by atoms with Crippen LogP contribution in [0.25, 0.3) is 0 Å². The molecule has 0 fully saturated rings. The van der Waals surface area contributed by atoms with Gasteiger partial charge in [-0.15, -0.1) is 9.49 Å². The van der Waals surface area contributed by atoms with Crippen molar-refractivity contribution in [1.82, 2.24) is 10.3 Å². The van der Waals surface area contributed by atoms with Gasteiger partial charge in [0.1, 0.15) is 0 Å². The van der Waals surface area contributed by atoms with Gasteiger partial charge < -0.3 is 5.21 Å². The Labute approximate surface area is 72.6 Å². The summed E-state index contributed by atoms with van der Waals surface area (Å²) < 4.78 is 27.4. The highest BCUT2D eigenvalue weighted by atomic mass is 32.2. The molecule has 0 aliphatic carbocycles. The van der Waals surface area contributed by atoms with Gasteiger partial charge in [-0.05, 0) is 12.1 Å². The summed E-state index contributed by atoms with van der Waals surface area (Å²) in [6.45, 7) is 1.40. The Morgan fingerprint density at radius 2 is 2.23 bits per heavy atom. The van der Waals surface area contributed by atoms with Crippen molar-refractivity contribution in [3.8, 4) is 0 Å². The van der Waals surface area contributed by atoms with Crippen LogP contribution in [0, 0.1) is 12.1 Å². The van der Waals surface area contributed by atoms with Crippen LogP contribution in [0.5, 0.6) is 0 Å². The van der Waals surface area contributed by atoms with Gasteiger partial charge in [-0.3, -0.25) is 0 Å². The van der Waals surface area contributed by atoms with Gasteiger partial charge in [0.05, 0.1) is 0 Å². The minimum Gasteiger partial charge on any atom is -0.690 e. The first-order chi connectivity index (χ1) is 5.90. The van der Waals surface area contributed by atoms with E-state index in [9.17, 15) is 13.6 Å². The Balaban J connectivity index is 3.12. The number of aromatic nitrogens is 2. The molecule has 0 radical (unpaired) electrons. The van der Waals surface area contributed by atoms with Crippen molar-refractivity contribution in [2.45, 2.75) is 6.92 Å². The van der Waals surface area contributed by atoms with Crippen LogP contribution < -0.4 is 5.14 Å². The molecule has 0 unspecified atom stereocenters. The van der Waals surface area contributed by atoms with E-state index in [4.69, 9.17) is 0 Å². The highest BCUT2D eigenvalue weighted by molar-refractivity contribution is 7.87. The van der Waals surface area contributed by atoms with Crippen molar-refractivity contribution in [2.75, 3.05) is 0 Å². The molecule has 1 heterocycles. The average molecular weight is 207 g/mol. The molecular weight excluding hydrogens is 202 g/mol. The molecule has 0 spiro atoms. The summed E-state index contributed by atoms with van der Waals surface area (Å²) in [6, 6.07) is 0. The molecule has 10 heteroatoms. The minimum absolute atomic E-state index is 0.113. The number of aryl methyl sites for hydroxylation is 1. The molecule has 9 nitrogen and oxygen atoms in total. The van der Waals surface area contributed by atoms with E-state index < -0.39 is 10.2 Å². The molecule has 0 aliphatic heterocycles. The Hall–Kier alpha value is -1.55. The molecule has 1 aromatic heterocycles. The third kappa shape index (κ3) is 2.45.